The summed E-state index contributed by atoms with van der Waals surface area (Å²) in [6, 6.07) is 0.934. The van der Waals surface area contributed by atoms with Gasteiger partial charge in [0, 0.05) is 7.05 Å². The van der Waals surface area contributed by atoms with Gasteiger partial charge in [0.05, 0.1) is 11.7 Å². The van der Waals surface area contributed by atoms with Crippen molar-refractivity contribution in [2.45, 2.75) is 6.04 Å². The molecule has 0 aliphatic rings. The Morgan fingerprint density at radius 2 is 1.89 bits per heavy atom. The number of hydrazine groups is 1. The SMILES string of the molecule is Cn1nnc(Br)c1C(NN)c1cc(F)c(F)c(F)c1. The van der Waals surface area contributed by atoms with Crippen LogP contribution in [0.5, 0.6) is 0 Å². The largest absolute Gasteiger partial charge is 0.271 e. The number of nitrogens with one attached hydrogen (secondary N) is 1. The Morgan fingerprint density at radius 3 is 2.32 bits per heavy atom. The van der Waals surface area contributed by atoms with E-state index in [1.807, 2.05) is 0 Å². The summed E-state index contributed by atoms with van der Waals surface area (Å²) in [4.78, 5) is 0. The standard InChI is InChI=1S/C10H9BrF3N5/c1-19-9(10(11)17-18-19)8(16-15)4-2-5(12)7(14)6(13)3-4/h2-3,8,16H,15H2,1H3. The van der Waals surface area contributed by atoms with Crippen molar-refractivity contribution >= 4 is 15.9 Å². The maximum Gasteiger partial charge on any atom is 0.194 e. The van der Waals surface area contributed by atoms with Gasteiger partial charge >= 0.3 is 0 Å². The molecule has 5 nitrogen and oxygen atoms in total. The Labute approximate surface area is 114 Å². The van der Waals surface area contributed by atoms with Gasteiger partial charge in [-0.3, -0.25) is 5.84 Å². The van der Waals surface area contributed by atoms with Gasteiger partial charge in [-0.2, -0.15) is 0 Å². The van der Waals surface area contributed by atoms with Crippen LogP contribution in [0.25, 0.3) is 0 Å². The highest BCUT2D eigenvalue weighted by atomic mass is 79.9. The molecule has 3 N–H and O–H groups in total. The van der Waals surface area contributed by atoms with Crippen molar-refractivity contribution in [1.82, 2.24) is 20.4 Å². The van der Waals surface area contributed by atoms with E-state index >= 15 is 0 Å². The van der Waals surface area contributed by atoms with Gasteiger partial charge in [0.2, 0.25) is 0 Å². The first-order valence-corrected chi connectivity index (χ1v) is 5.90. The Kier molecular flexibility index (Phi) is 3.88. The fraction of sp³-hybridized carbons (Fsp3) is 0.200. The molecule has 0 aliphatic heterocycles. The van der Waals surface area contributed by atoms with Crippen LogP contribution in [0.1, 0.15) is 17.3 Å². The average molecular weight is 336 g/mol. The lowest BCUT2D eigenvalue weighted by atomic mass is 10.0. The number of nitrogens with zero attached hydrogens (tertiary/aromatic N) is 3. The highest BCUT2D eigenvalue weighted by molar-refractivity contribution is 9.10. The molecule has 1 unspecified atom stereocenters. The maximum absolute atomic E-state index is 13.2. The number of hydrogen-bond donors (Lipinski definition) is 2. The Balaban J connectivity index is 2.55. The first-order chi connectivity index (χ1) is 8.95. The molecule has 0 fully saturated rings. The zero-order chi connectivity index (χ0) is 14.2. The molecule has 2 aromatic rings. The lowest BCUT2D eigenvalue weighted by Gasteiger charge is -2.17. The van der Waals surface area contributed by atoms with E-state index in [-0.39, 0.29) is 5.56 Å². The predicted molar refractivity (Wildman–Crippen MR) is 64.2 cm³/mol. The highest BCUT2D eigenvalue weighted by Crippen LogP contribution is 2.27. The summed E-state index contributed by atoms with van der Waals surface area (Å²) in [6.45, 7) is 0. The zero-order valence-electron chi connectivity index (χ0n) is 9.66. The second-order valence-corrected chi connectivity index (χ2v) is 4.54. The number of halogens is 4. The summed E-state index contributed by atoms with van der Waals surface area (Å²) in [6.07, 6.45) is 0. The quantitative estimate of drug-likeness (QED) is 0.507. The van der Waals surface area contributed by atoms with Crippen LogP contribution >= 0.6 is 15.9 Å². The van der Waals surface area contributed by atoms with Crippen molar-refractivity contribution in [3.05, 3.63) is 45.4 Å². The molecule has 2 rings (SSSR count). The summed E-state index contributed by atoms with van der Waals surface area (Å²) < 4.78 is 41.2. The zero-order valence-corrected chi connectivity index (χ0v) is 11.2. The highest BCUT2D eigenvalue weighted by Gasteiger charge is 2.23. The first-order valence-electron chi connectivity index (χ1n) is 5.11. The van der Waals surface area contributed by atoms with Crippen molar-refractivity contribution in [2.75, 3.05) is 0 Å². The summed E-state index contributed by atoms with van der Waals surface area (Å²) >= 11 is 3.16. The van der Waals surface area contributed by atoms with Gasteiger partial charge in [-0.1, -0.05) is 5.21 Å². The number of nitrogens with two attached hydrogens (primary N) is 1. The van der Waals surface area contributed by atoms with Gasteiger partial charge < -0.3 is 0 Å². The second-order valence-electron chi connectivity index (χ2n) is 3.79. The van der Waals surface area contributed by atoms with E-state index < -0.39 is 23.5 Å². The normalized spacial score (nSPS) is 12.7. The number of aromatic nitrogens is 3. The maximum atomic E-state index is 13.2. The minimum absolute atomic E-state index is 0.116. The van der Waals surface area contributed by atoms with E-state index in [4.69, 9.17) is 5.84 Å². The fourth-order valence-corrected chi connectivity index (χ4v) is 2.28. The van der Waals surface area contributed by atoms with Crippen molar-refractivity contribution in [1.29, 1.82) is 0 Å². The third kappa shape index (κ3) is 2.48. The van der Waals surface area contributed by atoms with Crippen LogP contribution < -0.4 is 11.3 Å². The molecule has 1 aromatic carbocycles. The fourth-order valence-electron chi connectivity index (χ4n) is 1.72. The molecule has 0 saturated carbocycles. The summed E-state index contributed by atoms with van der Waals surface area (Å²) in [7, 11) is 1.59. The number of rotatable bonds is 3. The molecule has 0 aliphatic carbocycles. The molecule has 102 valence electrons. The van der Waals surface area contributed by atoms with Crippen molar-refractivity contribution in [2.24, 2.45) is 12.9 Å². The third-order valence-electron chi connectivity index (χ3n) is 2.61. The van der Waals surface area contributed by atoms with Crippen LogP contribution in [0.15, 0.2) is 16.7 Å². The molecule has 0 radical (unpaired) electrons. The lowest BCUT2D eigenvalue weighted by molar-refractivity contribution is 0.441. The monoisotopic (exact) mass is 335 g/mol. The van der Waals surface area contributed by atoms with Crippen molar-refractivity contribution in [3.63, 3.8) is 0 Å². The molecule has 1 atom stereocenters. The van der Waals surface area contributed by atoms with Gasteiger partial charge in [-0.15, -0.1) is 5.10 Å². The average Bonchev–Trinajstić information content (AvgIpc) is 2.69. The lowest BCUT2D eigenvalue weighted by Crippen LogP contribution is -2.31. The van der Waals surface area contributed by atoms with Crippen LogP contribution in [0.3, 0.4) is 0 Å². The molecule has 0 bridgehead atoms. The minimum atomic E-state index is -1.53. The van der Waals surface area contributed by atoms with Gasteiger partial charge in [0.25, 0.3) is 0 Å². The topological polar surface area (TPSA) is 68.8 Å². The van der Waals surface area contributed by atoms with Crippen LogP contribution in [-0.4, -0.2) is 15.0 Å². The van der Waals surface area contributed by atoms with E-state index in [2.05, 4.69) is 31.7 Å². The number of hydrogen-bond acceptors (Lipinski definition) is 4. The van der Waals surface area contributed by atoms with Crippen molar-refractivity contribution in [3.8, 4) is 0 Å². The van der Waals surface area contributed by atoms with Crippen LogP contribution in [-0.2, 0) is 7.05 Å². The predicted octanol–water partition coefficient (Wildman–Crippen LogP) is 1.55. The Morgan fingerprint density at radius 1 is 1.32 bits per heavy atom. The van der Waals surface area contributed by atoms with Crippen LogP contribution in [0.2, 0.25) is 0 Å². The Bertz CT molecular complexity index is 573. The van der Waals surface area contributed by atoms with Gasteiger partial charge in [-0.05, 0) is 33.6 Å². The summed E-state index contributed by atoms with van der Waals surface area (Å²) in [5.74, 6) is 1.29. The molecule has 0 spiro atoms. The number of benzene rings is 1. The third-order valence-corrected chi connectivity index (χ3v) is 3.17. The van der Waals surface area contributed by atoms with Gasteiger partial charge in [0.1, 0.15) is 0 Å². The van der Waals surface area contributed by atoms with E-state index in [1.165, 1.54) is 4.68 Å². The molecule has 9 heteroatoms. The molecular formula is C10H9BrF3N5. The molecular weight excluding hydrogens is 327 g/mol. The summed E-state index contributed by atoms with van der Waals surface area (Å²) in [5, 5.41) is 7.48. The van der Waals surface area contributed by atoms with E-state index in [0.717, 1.165) is 12.1 Å². The molecule has 1 aromatic heterocycles. The second kappa shape index (κ2) is 5.27. The molecule has 1 heterocycles. The van der Waals surface area contributed by atoms with Gasteiger partial charge in [-0.25, -0.2) is 23.3 Å². The van der Waals surface area contributed by atoms with Crippen molar-refractivity contribution < 1.29 is 13.2 Å². The molecule has 19 heavy (non-hydrogen) atoms. The molecule has 0 amide bonds. The van der Waals surface area contributed by atoms with E-state index in [9.17, 15) is 13.2 Å². The number of aryl methyl sites for hydroxylation is 1. The minimum Gasteiger partial charge on any atom is -0.271 e. The summed E-state index contributed by atoms with van der Waals surface area (Å²) in [5.41, 5.74) is 2.96. The van der Waals surface area contributed by atoms with Crippen LogP contribution in [0.4, 0.5) is 13.2 Å². The van der Waals surface area contributed by atoms with Crippen LogP contribution in [0, 0.1) is 17.5 Å². The smallest absolute Gasteiger partial charge is 0.194 e. The van der Waals surface area contributed by atoms with Gasteiger partial charge in [0.15, 0.2) is 22.1 Å². The Hall–Kier alpha value is -1.45. The van der Waals surface area contributed by atoms with E-state index in [1.54, 1.807) is 7.05 Å². The first kappa shape index (κ1) is 14.0. The van der Waals surface area contributed by atoms with E-state index in [0.29, 0.717) is 10.3 Å². The molecule has 0 saturated heterocycles.